The quantitative estimate of drug-likeness (QED) is 0.813. The number of benzene rings is 1. The fourth-order valence-corrected chi connectivity index (χ4v) is 4.83. The SMILES string of the molecule is NC1CC=C(CN2CCN(c3csc4cc(C(F)(F)F)ccc34)CC2)C1. The molecule has 0 spiro atoms. The summed E-state index contributed by atoms with van der Waals surface area (Å²) < 4.78 is 39.4. The molecule has 1 aromatic heterocycles. The van der Waals surface area contributed by atoms with Gasteiger partial charge in [0.15, 0.2) is 0 Å². The second kappa shape index (κ2) is 6.87. The van der Waals surface area contributed by atoms with Crippen molar-refractivity contribution >= 4 is 27.1 Å². The van der Waals surface area contributed by atoms with Crippen LogP contribution in [0.25, 0.3) is 10.1 Å². The Morgan fingerprint density at radius 2 is 1.92 bits per heavy atom. The van der Waals surface area contributed by atoms with Gasteiger partial charge >= 0.3 is 6.18 Å². The molecule has 1 aromatic carbocycles. The van der Waals surface area contributed by atoms with Gasteiger partial charge in [0.1, 0.15) is 0 Å². The van der Waals surface area contributed by atoms with Gasteiger partial charge < -0.3 is 10.6 Å². The van der Waals surface area contributed by atoms with Crippen molar-refractivity contribution in [3.63, 3.8) is 0 Å². The van der Waals surface area contributed by atoms with Crippen LogP contribution in [-0.2, 0) is 6.18 Å². The average Bonchev–Trinajstić information content (AvgIpc) is 3.20. The van der Waals surface area contributed by atoms with Crippen LogP contribution >= 0.6 is 11.3 Å². The number of halogens is 3. The van der Waals surface area contributed by atoms with Gasteiger partial charge in [0, 0.05) is 54.2 Å². The van der Waals surface area contributed by atoms with Crippen LogP contribution < -0.4 is 10.6 Å². The lowest BCUT2D eigenvalue weighted by molar-refractivity contribution is -0.137. The number of piperazine rings is 1. The summed E-state index contributed by atoms with van der Waals surface area (Å²) in [5.41, 5.74) is 7.87. The third-order valence-electron chi connectivity index (χ3n) is 5.26. The molecule has 0 radical (unpaired) electrons. The lowest BCUT2D eigenvalue weighted by Crippen LogP contribution is -2.46. The van der Waals surface area contributed by atoms with Crippen LogP contribution in [0.3, 0.4) is 0 Å². The second-order valence-electron chi connectivity index (χ2n) is 7.16. The summed E-state index contributed by atoms with van der Waals surface area (Å²) in [6, 6.07) is 4.34. The Labute approximate surface area is 154 Å². The first kappa shape index (κ1) is 17.8. The number of hydrogen-bond donors (Lipinski definition) is 1. The molecule has 1 aliphatic heterocycles. The van der Waals surface area contributed by atoms with Gasteiger partial charge in [0.05, 0.1) is 11.3 Å². The molecule has 1 aliphatic carbocycles. The van der Waals surface area contributed by atoms with Crippen molar-refractivity contribution in [3.8, 4) is 0 Å². The average molecular weight is 381 g/mol. The van der Waals surface area contributed by atoms with Crippen LogP contribution in [0.4, 0.5) is 18.9 Å². The molecule has 0 amide bonds. The minimum Gasteiger partial charge on any atom is -0.368 e. The lowest BCUT2D eigenvalue weighted by Gasteiger charge is -2.36. The highest BCUT2D eigenvalue weighted by molar-refractivity contribution is 7.17. The van der Waals surface area contributed by atoms with E-state index in [1.807, 2.05) is 5.38 Å². The zero-order valence-electron chi connectivity index (χ0n) is 14.4. The molecule has 0 bridgehead atoms. The fourth-order valence-electron chi connectivity index (χ4n) is 3.82. The maximum Gasteiger partial charge on any atom is 0.416 e. The van der Waals surface area contributed by atoms with E-state index >= 15 is 0 Å². The minimum absolute atomic E-state index is 0.282. The van der Waals surface area contributed by atoms with E-state index in [9.17, 15) is 13.2 Å². The van der Waals surface area contributed by atoms with Gasteiger partial charge in [-0.3, -0.25) is 4.90 Å². The summed E-state index contributed by atoms with van der Waals surface area (Å²) in [6.07, 6.45) is -0.0455. The van der Waals surface area contributed by atoms with Gasteiger partial charge in [0.2, 0.25) is 0 Å². The van der Waals surface area contributed by atoms with Gasteiger partial charge in [0.25, 0.3) is 0 Å². The van der Waals surface area contributed by atoms with Crippen LogP contribution in [-0.4, -0.2) is 43.7 Å². The van der Waals surface area contributed by atoms with Crippen LogP contribution in [0.5, 0.6) is 0 Å². The molecule has 1 atom stereocenters. The number of nitrogens with zero attached hydrogens (tertiary/aromatic N) is 2. The number of nitrogens with two attached hydrogens (primary N) is 1. The first-order valence-electron chi connectivity index (χ1n) is 8.89. The minimum atomic E-state index is -4.29. The predicted octanol–water partition coefficient (Wildman–Crippen LogP) is 4.09. The van der Waals surface area contributed by atoms with Crippen molar-refractivity contribution in [2.24, 2.45) is 5.73 Å². The first-order valence-corrected chi connectivity index (χ1v) is 9.77. The first-order chi connectivity index (χ1) is 12.4. The second-order valence-corrected chi connectivity index (χ2v) is 8.07. The van der Waals surface area contributed by atoms with E-state index < -0.39 is 11.7 Å². The van der Waals surface area contributed by atoms with Crippen LogP contribution in [0, 0.1) is 0 Å². The Kier molecular flexibility index (Phi) is 4.71. The Balaban J connectivity index is 1.43. The number of rotatable bonds is 3. The zero-order valence-corrected chi connectivity index (χ0v) is 15.2. The summed E-state index contributed by atoms with van der Waals surface area (Å²) in [5, 5.41) is 2.90. The number of thiophene rings is 1. The Bertz CT molecular complexity index is 819. The molecular formula is C19H22F3N3S. The summed E-state index contributed by atoms with van der Waals surface area (Å²) in [6.45, 7) is 4.70. The van der Waals surface area contributed by atoms with E-state index in [1.54, 1.807) is 6.07 Å². The van der Waals surface area contributed by atoms with E-state index in [0.29, 0.717) is 4.70 Å². The van der Waals surface area contributed by atoms with Gasteiger partial charge in [-0.1, -0.05) is 17.7 Å². The molecular weight excluding hydrogens is 359 g/mol. The highest BCUT2D eigenvalue weighted by Gasteiger charge is 2.31. The van der Waals surface area contributed by atoms with Crippen LogP contribution in [0.1, 0.15) is 18.4 Å². The van der Waals surface area contributed by atoms with E-state index in [1.165, 1.54) is 29.0 Å². The Morgan fingerprint density at radius 3 is 2.58 bits per heavy atom. The van der Waals surface area contributed by atoms with E-state index in [0.717, 1.165) is 56.6 Å². The third kappa shape index (κ3) is 3.61. The van der Waals surface area contributed by atoms with E-state index in [4.69, 9.17) is 5.73 Å². The highest BCUT2D eigenvalue weighted by atomic mass is 32.1. The monoisotopic (exact) mass is 381 g/mol. The van der Waals surface area contributed by atoms with Crippen molar-refractivity contribution in [2.75, 3.05) is 37.6 Å². The molecule has 1 saturated heterocycles. The highest BCUT2D eigenvalue weighted by Crippen LogP contribution is 2.38. The topological polar surface area (TPSA) is 32.5 Å². The molecule has 7 heteroatoms. The molecule has 0 saturated carbocycles. The Morgan fingerprint density at radius 1 is 1.15 bits per heavy atom. The van der Waals surface area contributed by atoms with E-state index in [2.05, 4.69) is 15.9 Å². The predicted molar refractivity (Wildman–Crippen MR) is 101 cm³/mol. The molecule has 2 aliphatic rings. The third-order valence-corrected chi connectivity index (χ3v) is 6.19. The molecule has 2 heterocycles. The molecule has 3 nitrogen and oxygen atoms in total. The number of alkyl halides is 3. The fraction of sp³-hybridized carbons (Fsp3) is 0.474. The smallest absolute Gasteiger partial charge is 0.368 e. The maximum atomic E-state index is 12.9. The van der Waals surface area contributed by atoms with Crippen LogP contribution in [0.2, 0.25) is 0 Å². The summed E-state index contributed by atoms with van der Waals surface area (Å²) in [5.74, 6) is 0. The lowest BCUT2D eigenvalue weighted by atomic mass is 10.1. The standard InChI is InChI=1S/C19H22F3N3S/c20-19(21,22)14-2-4-16-17(12-26-18(16)10-14)25-7-5-24(6-8-25)11-13-1-3-15(23)9-13/h1-2,4,10,12,15H,3,5-9,11,23H2. The normalized spacial score (nSPS) is 22.2. The van der Waals surface area contributed by atoms with Gasteiger partial charge in [-0.05, 0) is 25.0 Å². The van der Waals surface area contributed by atoms with Crippen molar-refractivity contribution in [2.45, 2.75) is 25.1 Å². The Hall–Kier alpha value is -1.57. The van der Waals surface area contributed by atoms with Crippen molar-refractivity contribution in [1.29, 1.82) is 0 Å². The van der Waals surface area contributed by atoms with Gasteiger partial charge in [-0.2, -0.15) is 13.2 Å². The number of fused-ring (bicyclic) bond motifs is 1. The summed E-state index contributed by atoms with van der Waals surface area (Å²) in [4.78, 5) is 4.73. The largest absolute Gasteiger partial charge is 0.416 e. The molecule has 1 unspecified atom stereocenters. The van der Waals surface area contributed by atoms with E-state index in [-0.39, 0.29) is 6.04 Å². The number of anilines is 1. The van der Waals surface area contributed by atoms with Crippen molar-refractivity contribution in [1.82, 2.24) is 4.90 Å². The zero-order chi connectivity index (χ0) is 18.3. The van der Waals surface area contributed by atoms with Crippen molar-refractivity contribution < 1.29 is 13.2 Å². The molecule has 4 rings (SSSR count). The number of hydrogen-bond acceptors (Lipinski definition) is 4. The molecule has 140 valence electrons. The van der Waals surface area contributed by atoms with Gasteiger partial charge in [-0.15, -0.1) is 11.3 Å². The molecule has 1 fully saturated rings. The molecule has 2 aromatic rings. The summed E-state index contributed by atoms with van der Waals surface area (Å²) >= 11 is 1.39. The summed E-state index contributed by atoms with van der Waals surface area (Å²) in [7, 11) is 0. The van der Waals surface area contributed by atoms with Gasteiger partial charge in [-0.25, -0.2) is 0 Å². The van der Waals surface area contributed by atoms with Crippen LogP contribution in [0.15, 0.2) is 35.2 Å². The van der Waals surface area contributed by atoms with Crippen molar-refractivity contribution in [3.05, 3.63) is 40.8 Å². The molecule has 26 heavy (non-hydrogen) atoms. The maximum absolute atomic E-state index is 12.9. The molecule has 2 N–H and O–H groups in total.